The van der Waals surface area contributed by atoms with E-state index in [1.165, 1.54) is 11.0 Å². The van der Waals surface area contributed by atoms with Crippen molar-refractivity contribution in [3.05, 3.63) is 47.5 Å². The van der Waals surface area contributed by atoms with Gasteiger partial charge in [-0.3, -0.25) is 19.7 Å². The number of methoxy groups -OCH3 is 2. The van der Waals surface area contributed by atoms with Gasteiger partial charge in [0.05, 0.1) is 25.5 Å². The number of para-hydroxylation sites is 1. The molecule has 1 aliphatic rings. The second-order valence-electron chi connectivity index (χ2n) is 9.84. The largest absolute Gasteiger partial charge is 0.505 e. The van der Waals surface area contributed by atoms with Crippen molar-refractivity contribution in [3.63, 3.8) is 0 Å². The number of phenols is 1. The Hall–Kier alpha value is -3.59. The van der Waals surface area contributed by atoms with Crippen molar-refractivity contribution >= 4 is 23.2 Å². The number of ether oxygens (including phenoxy) is 2. The molecule has 0 bridgehead atoms. The van der Waals surface area contributed by atoms with Gasteiger partial charge in [0, 0.05) is 26.2 Å². The number of carbonyl (C=O) groups is 3. The van der Waals surface area contributed by atoms with Gasteiger partial charge < -0.3 is 24.8 Å². The molecule has 3 rings (SSSR count). The van der Waals surface area contributed by atoms with Crippen LogP contribution in [-0.2, 0) is 9.59 Å². The van der Waals surface area contributed by atoms with Gasteiger partial charge in [0.25, 0.3) is 5.91 Å². The first-order valence-electron chi connectivity index (χ1n) is 11.3. The van der Waals surface area contributed by atoms with Crippen molar-refractivity contribution in [1.29, 1.82) is 0 Å². The molecule has 35 heavy (non-hydrogen) atoms. The van der Waals surface area contributed by atoms with Gasteiger partial charge in [0.15, 0.2) is 5.75 Å². The Morgan fingerprint density at radius 2 is 1.57 bits per heavy atom. The third kappa shape index (κ3) is 5.24. The van der Waals surface area contributed by atoms with Gasteiger partial charge in [-0.25, -0.2) is 0 Å². The minimum absolute atomic E-state index is 0.0960. The Labute approximate surface area is 205 Å². The van der Waals surface area contributed by atoms with E-state index in [4.69, 9.17) is 9.47 Å². The highest BCUT2D eigenvalue weighted by Gasteiger charge is 2.51. The van der Waals surface area contributed by atoms with Crippen LogP contribution in [-0.4, -0.2) is 67.9 Å². The number of benzene rings is 2. The molecule has 0 heterocycles. The lowest BCUT2D eigenvalue weighted by Gasteiger charge is -2.41. The highest BCUT2D eigenvalue weighted by Crippen LogP contribution is 2.38. The third-order valence-electron chi connectivity index (χ3n) is 6.04. The molecule has 2 aromatic rings. The van der Waals surface area contributed by atoms with Gasteiger partial charge in [0.1, 0.15) is 23.6 Å². The molecule has 188 valence electrons. The Morgan fingerprint density at radius 1 is 1.00 bits per heavy atom. The van der Waals surface area contributed by atoms with E-state index < -0.39 is 23.7 Å². The summed E-state index contributed by atoms with van der Waals surface area (Å²) in [5.74, 6) is -0.589. The van der Waals surface area contributed by atoms with Crippen molar-refractivity contribution in [2.24, 2.45) is 5.41 Å². The van der Waals surface area contributed by atoms with Crippen LogP contribution in [0.15, 0.2) is 36.4 Å². The number of nitrogens with zero attached hydrogens (tertiary/aromatic N) is 1. The Kier molecular flexibility index (Phi) is 7.40. The van der Waals surface area contributed by atoms with Crippen LogP contribution in [0, 0.1) is 5.41 Å². The van der Waals surface area contributed by atoms with Gasteiger partial charge in [-0.05, 0) is 35.2 Å². The van der Waals surface area contributed by atoms with Gasteiger partial charge in [-0.15, -0.1) is 0 Å². The average Bonchev–Trinajstić information content (AvgIpc) is 2.82. The molecule has 3 N–H and O–H groups in total. The number of ketones is 2. The summed E-state index contributed by atoms with van der Waals surface area (Å²) in [5, 5.41) is 17.0. The summed E-state index contributed by atoms with van der Waals surface area (Å²) in [4.78, 5) is 38.9. The van der Waals surface area contributed by atoms with Crippen LogP contribution in [0.1, 0.15) is 42.7 Å². The lowest BCUT2D eigenvalue weighted by molar-refractivity contribution is -0.146. The molecule has 3 unspecified atom stereocenters. The minimum Gasteiger partial charge on any atom is -0.505 e. The second kappa shape index (κ2) is 9.95. The van der Waals surface area contributed by atoms with Crippen LogP contribution in [0.5, 0.6) is 17.2 Å². The monoisotopic (exact) mass is 483 g/mol. The molecule has 0 radical (unpaired) electrons. The lowest BCUT2D eigenvalue weighted by Crippen LogP contribution is -2.68. The van der Waals surface area contributed by atoms with Crippen LogP contribution in [0.2, 0.25) is 0 Å². The Bertz CT molecular complexity index is 1120. The summed E-state index contributed by atoms with van der Waals surface area (Å²) < 4.78 is 10.8. The fourth-order valence-corrected chi connectivity index (χ4v) is 4.10. The molecule has 2 aromatic carbocycles. The molecule has 9 heteroatoms. The number of nitrogens with one attached hydrogen (secondary N) is 2. The van der Waals surface area contributed by atoms with E-state index in [2.05, 4.69) is 10.6 Å². The molecule has 0 saturated heterocycles. The van der Waals surface area contributed by atoms with E-state index in [9.17, 15) is 19.5 Å². The Morgan fingerprint density at radius 3 is 2.09 bits per heavy atom. The van der Waals surface area contributed by atoms with Crippen molar-refractivity contribution < 1.29 is 29.0 Å². The van der Waals surface area contributed by atoms with Crippen LogP contribution in [0.3, 0.4) is 0 Å². The van der Waals surface area contributed by atoms with Crippen LogP contribution in [0.25, 0.3) is 0 Å². The number of amides is 1. The number of Topliss-reactive ketones (excluding diaryl/α,β-unsaturated/α-hetero) is 2. The van der Waals surface area contributed by atoms with E-state index in [1.807, 2.05) is 32.9 Å². The fourth-order valence-electron chi connectivity index (χ4n) is 4.10. The van der Waals surface area contributed by atoms with E-state index in [1.54, 1.807) is 46.5 Å². The highest BCUT2D eigenvalue weighted by molar-refractivity contribution is 6.49. The molecular formula is C26H33N3O6. The number of hydrogen-bond acceptors (Lipinski definition) is 8. The molecule has 1 fully saturated rings. The topological polar surface area (TPSA) is 117 Å². The van der Waals surface area contributed by atoms with E-state index in [0.717, 1.165) is 5.56 Å². The molecule has 0 spiro atoms. The van der Waals surface area contributed by atoms with Crippen molar-refractivity contribution in [1.82, 2.24) is 10.2 Å². The number of carbonyl (C=O) groups excluding carboxylic acids is 3. The second-order valence-corrected chi connectivity index (χ2v) is 9.84. The number of phenolic OH excluding ortho intramolecular Hbond substituents is 1. The molecular weight excluding hydrogens is 450 g/mol. The molecule has 9 nitrogen and oxygen atoms in total. The highest BCUT2D eigenvalue weighted by atomic mass is 16.5. The summed E-state index contributed by atoms with van der Waals surface area (Å²) in [6, 6.07) is 8.06. The number of aromatic hydroxyl groups is 1. The van der Waals surface area contributed by atoms with E-state index >= 15 is 0 Å². The van der Waals surface area contributed by atoms with Gasteiger partial charge in [-0.2, -0.15) is 0 Å². The summed E-state index contributed by atoms with van der Waals surface area (Å²) in [6.45, 7) is 6.06. The molecule has 0 aromatic heterocycles. The maximum Gasteiger partial charge on any atom is 0.257 e. The SMILES string of the molecule is COc1cc(OC)cc(C(NC2C(=O)C(=O)C2Nc2cccc(C(=O)N(C)C)c2O)C(C)(C)C)c1. The van der Waals surface area contributed by atoms with Gasteiger partial charge in [-0.1, -0.05) is 26.8 Å². The number of hydrogen-bond donors (Lipinski definition) is 3. The van der Waals surface area contributed by atoms with Crippen molar-refractivity contribution in [3.8, 4) is 17.2 Å². The zero-order valence-corrected chi connectivity index (χ0v) is 21.1. The van der Waals surface area contributed by atoms with Gasteiger partial charge in [0.2, 0.25) is 11.6 Å². The zero-order valence-electron chi connectivity index (χ0n) is 21.1. The molecule has 1 amide bonds. The lowest BCUT2D eigenvalue weighted by atomic mass is 9.77. The fraction of sp³-hybridized carbons (Fsp3) is 0.423. The first-order chi connectivity index (χ1) is 16.4. The smallest absolute Gasteiger partial charge is 0.257 e. The number of anilines is 1. The van der Waals surface area contributed by atoms with Crippen LogP contribution >= 0.6 is 0 Å². The molecule has 3 atom stereocenters. The molecule has 1 saturated carbocycles. The number of rotatable bonds is 8. The van der Waals surface area contributed by atoms with E-state index in [-0.39, 0.29) is 34.4 Å². The third-order valence-corrected chi connectivity index (χ3v) is 6.04. The maximum atomic E-state index is 12.6. The predicted octanol–water partition coefficient (Wildman–Crippen LogP) is 2.79. The predicted molar refractivity (Wildman–Crippen MR) is 132 cm³/mol. The summed E-state index contributed by atoms with van der Waals surface area (Å²) >= 11 is 0. The Balaban J connectivity index is 1.92. The standard InChI is InChI=1S/C26H33N3O6/c1-26(2,3)24(14-11-15(34-6)13-16(12-14)35-7)28-20-19(22(31)23(20)32)27-18-10-8-9-17(21(18)30)25(33)29(4)5/h8-13,19-20,24,27-28,30H,1-7H3. The van der Waals surface area contributed by atoms with Gasteiger partial charge >= 0.3 is 0 Å². The quantitative estimate of drug-likeness (QED) is 0.388. The molecule has 0 aliphatic heterocycles. The van der Waals surface area contributed by atoms with E-state index in [0.29, 0.717) is 11.5 Å². The normalized spacial score (nSPS) is 18.5. The minimum atomic E-state index is -0.907. The zero-order chi connectivity index (χ0) is 26.1. The summed E-state index contributed by atoms with van der Waals surface area (Å²) in [5.41, 5.74) is 0.784. The van der Waals surface area contributed by atoms with Crippen molar-refractivity contribution in [2.45, 2.75) is 38.9 Å². The molecule has 1 aliphatic carbocycles. The van der Waals surface area contributed by atoms with Crippen molar-refractivity contribution in [2.75, 3.05) is 33.6 Å². The van der Waals surface area contributed by atoms with Crippen LogP contribution in [0.4, 0.5) is 5.69 Å². The maximum absolute atomic E-state index is 12.6. The average molecular weight is 484 g/mol. The summed E-state index contributed by atoms with van der Waals surface area (Å²) in [7, 11) is 6.29. The summed E-state index contributed by atoms with van der Waals surface area (Å²) in [6.07, 6.45) is 0. The first kappa shape index (κ1) is 26.0. The first-order valence-corrected chi connectivity index (χ1v) is 11.3. The van der Waals surface area contributed by atoms with Crippen LogP contribution < -0.4 is 20.1 Å².